The van der Waals surface area contributed by atoms with E-state index >= 15 is 0 Å². The summed E-state index contributed by atoms with van der Waals surface area (Å²) in [6.07, 6.45) is 3.17. The molecule has 2 nitrogen and oxygen atoms in total. The van der Waals surface area contributed by atoms with Crippen molar-refractivity contribution in [2.45, 2.75) is 22.9 Å². The molecule has 0 atom stereocenters. The predicted octanol–water partition coefficient (Wildman–Crippen LogP) is 4.00. The van der Waals surface area contributed by atoms with Gasteiger partial charge in [-0.2, -0.15) is 0 Å². The number of thiophene rings is 1. The van der Waals surface area contributed by atoms with Gasteiger partial charge in [-0.05, 0) is 17.5 Å². The van der Waals surface area contributed by atoms with E-state index in [1.807, 2.05) is 41.2 Å². The number of rotatable bonds is 0. The average molecular weight is 329 g/mol. The van der Waals surface area contributed by atoms with E-state index in [1.165, 1.54) is 41.9 Å². The maximum absolute atomic E-state index is 4.83. The highest BCUT2D eigenvalue weighted by molar-refractivity contribution is 8.00. The van der Waals surface area contributed by atoms with E-state index in [4.69, 9.17) is 4.98 Å². The molecule has 4 heterocycles. The fourth-order valence-electron chi connectivity index (χ4n) is 3.10. The molecule has 0 N–H and O–H groups in total. The van der Waals surface area contributed by atoms with Gasteiger partial charge in [-0.1, -0.05) is 30.0 Å². The molecule has 5 rings (SSSR count). The van der Waals surface area contributed by atoms with E-state index < -0.39 is 0 Å². The Bertz CT molecular complexity index is 869. The zero-order chi connectivity index (χ0) is 13.8. The topological polar surface area (TPSA) is 16.8 Å². The van der Waals surface area contributed by atoms with E-state index in [2.05, 4.69) is 28.8 Å². The number of thioether (sulfide) groups is 2. The molecule has 2 aromatic heterocycles. The third-order valence-corrected chi connectivity index (χ3v) is 7.63. The number of nitrogens with zero attached hydrogens (tertiary/aromatic N) is 2. The first-order chi connectivity index (χ1) is 10.4. The number of aromatic nitrogens is 2. The lowest BCUT2D eigenvalue weighted by molar-refractivity contribution is -0.726. The molecule has 2 aliphatic rings. The Morgan fingerprint density at radius 2 is 2.05 bits per heavy atom. The van der Waals surface area contributed by atoms with Crippen LogP contribution < -0.4 is 4.57 Å². The molecule has 0 saturated heterocycles. The number of benzene rings is 1. The second kappa shape index (κ2) is 4.73. The lowest BCUT2D eigenvalue weighted by Gasteiger charge is -2.03. The third kappa shape index (κ3) is 1.81. The van der Waals surface area contributed by atoms with E-state index in [0.29, 0.717) is 0 Å². The van der Waals surface area contributed by atoms with Crippen LogP contribution in [0.5, 0.6) is 0 Å². The van der Waals surface area contributed by atoms with Crippen molar-refractivity contribution in [2.24, 2.45) is 0 Å². The molecule has 104 valence electrons. The molecule has 0 aliphatic carbocycles. The highest BCUT2D eigenvalue weighted by Crippen LogP contribution is 2.47. The summed E-state index contributed by atoms with van der Waals surface area (Å²) in [7, 11) is 0. The minimum atomic E-state index is 1.10. The fraction of sp³-hybridized carbons (Fsp3) is 0.250. The highest BCUT2D eigenvalue weighted by Gasteiger charge is 2.31. The van der Waals surface area contributed by atoms with Crippen LogP contribution in [0.2, 0.25) is 0 Å². The van der Waals surface area contributed by atoms with Crippen molar-refractivity contribution in [2.75, 3.05) is 11.5 Å². The minimum Gasteiger partial charge on any atom is -0.223 e. The van der Waals surface area contributed by atoms with Crippen molar-refractivity contribution in [3.8, 4) is 10.6 Å². The number of fused-ring (bicyclic) bond motifs is 7. The average Bonchev–Trinajstić information content (AvgIpc) is 3.08. The van der Waals surface area contributed by atoms with Crippen LogP contribution in [0.25, 0.3) is 20.7 Å². The van der Waals surface area contributed by atoms with E-state index in [1.54, 1.807) is 0 Å². The fourth-order valence-corrected chi connectivity index (χ4v) is 6.82. The zero-order valence-electron chi connectivity index (χ0n) is 11.3. The Morgan fingerprint density at radius 3 is 3.05 bits per heavy atom. The van der Waals surface area contributed by atoms with Gasteiger partial charge in [0, 0.05) is 26.5 Å². The van der Waals surface area contributed by atoms with Gasteiger partial charge >= 0.3 is 0 Å². The molecule has 0 radical (unpaired) electrons. The van der Waals surface area contributed by atoms with E-state index in [-0.39, 0.29) is 0 Å². The van der Waals surface area contributed by atoms with Gasteiger partial charge in [-0.15, -0.1) is 23.1 Å². The predicted molar refractivity (Wildman–Crippen MR) is 90.4 cm³/mol. The van der Waals surface area contributed by atoms with Crippen LogP contribution in [-0.2, 0) is 13.0 Å². The van der Waals surface area contributed by atoms with Gasteiger partial charge in [0.05, 0.1) is 10.4 Å². The maximum Gasteiger partial charge on any atom is 0.287 e. The van der Waals surface area contributed by atoms with Gasteiger partial charge in [0.1, 0.15) is 6.54 Å². The normalized spacial score (nSPS) is 16.4. The van der Waals surface area contributed by atoms with Gasteiger partial charge in [0.15, 0.2) is 5.03 Å². The first kappa shape index (κ1) is 12.5. The lowest BCUT2D eigenvalue weighted by Crippen LogP contribution is -2.34. The van der Waals surface area contributed by atoms with Crippen LogP contribution in [0.4, 0.5) is 0 Å². The minimum absolute atomic E-state index is 1.10. The van der Waals surface area contributed by atoms with Crippen LogP contribution in [-0.4, -0.2) is 16.5 Å². The Hall–Kier alpha value is -1.04. The zero-order valence-corrected chi connectivity index (χ0v) is 13.8. The maximum atomic E-state index is 4.83. The van der Waals surface area contributed by atoms with Crippen LogP contribution in [0.3, 0.4) is 0 Å². The van der Waals surface area contributed by atoms with E-state index in [9.17, 15) is 0 Å². The van der Waals surface area contributed by atoms with Gasteiger partial charge in [0.25, 0.3) is 6.33 Å². The quantitative estimate of drug-likeness (QED) is 0.458. The smallest absolute Gasteiger partial charge is 0.223 e. The largest absolute Gasteiger partial charge is 0.287 e. The first-order valence-electron chi connectivity index (χ1n) is 7.10. The summed E-state index contributed by atoms with van der Waals surface area (Å²) < 4.78 is 3.71. The van der Waals surface area contributed by atoms with Crippen LogP contribution in [0.15, 0.2) is 40.5 Å². The summed E-state index contributed by atoms with van der Waals surface area (Å²) in [5.41, 5.74) is 2.70. The standard InChI is InChI=1S/C16H13N2S3/c1-2-4-12-10(3-1)14-15(21-12)13-11(5-7-19-14)16-18(9-17-13)6-8-20-16/h1-4,9H,5-8H2/q+1. The molecule has 0 saturated carbocycles. The summed E-state index contributed by atoms with van der Waals surface area (Å²) in [5, 5.41) is 2.85. The molecule has 0 bridgehead atoms. The SMILES string of the molecule is c1ccc2c3c(sc2c1)-c1nc[n+]2c(c1CCS3)SCC2. The Morgan fingerprint density at radius 1 is 1.10 bits per heavy atom. The second-order valence-corrected chi connectivity index (χ2v) is 8.51. The molecular formula is C16H13N2S3+. The van der Waals surface area contributed by atoms with Crippen molar-refractivity contribution in [3.63, 3.8) is 0 Å². The van der Waals surface area contributed by atoms with Gasteiger partial charge in [-0.25, -0.2) is 4.57 Å². The van der Waals surface area contributed by atoms with Gasteiger partial charge in [0.2, 0.25) is 5.69 Å². The molecule has 1 aromatic carbocycles. The summed E-state index contributed by atoms with van der Waals surface area (Å²) in [6, 6.07) is 8.75. The van der Waals surface area contributed by atoms with Crippen molar-refractivity contribution < 1.29 is 4.57 Å². The molecular weight excluding hydrogens is 316 g/mol. The Balaban J connectivity index is 1.84. The summed E-state index contributed by atoms with van der Waals surface area (Å²) in [5.74, 6) is 2.34. The van der Waals surface area contributed by atoms with Crippen LogP contribution in [0.1, 0.15) is 5.56 Å². The molecule has 5 heteroatoms. The van der Waals surface area contributed by atoms with Crippen molar-refractivity contribution in [3.05, 3.63) is 36.2 Å². The molecule has 0 fully saturated rings. The molecule has 2 aliphatic heterocycles. The molecule has 0 amide bonds. The van der Waals surface area contributed by atoms with Crippen molar-refractivity contribution >= 4 is 44.9 Å². The summed E-state index contributed by atoms with van der Waals surface area (Å²) in [4.78, 5) is 7.65. The number of hydrogen-bond acceptors (Lipinski definition) is 4. The van der Waals surface area contributed by atoms with Crippen LogP contribution in [0, 0.1) is 0 Å². The van der Waals surface area contributed by atoms with E-state index in [0.717, 1.165) is 18.7 Å². The van der Waals surface area contributed by atoms with Gasteiger partial charge in [-0.3, -0.25) is 0 Å². The third-order valence-electron chi connectivity index (χ3n) is 4.07. The second-order valence-electron chi connectivity index (χ2n) is 5.27. The van der Waals surface area contributed by atoms with Crippen LogP contribution >= 0.6 is 34.9 Å². The Kier molecular flexibility index (Phi) is 2.81. The Labute approximate surface area is 135 Å². The first-order valence-corrected chi connectivity index (χ1v) is 9.89. The molecule has 0 unspecified atom stereocenters. The summed E-state index contributed by atoms with van der Waals surface area (Å²) in [6.45, 7) is 1.10. The van der Waals surface area contributed by atoms with Gasteiger partial charge < -0.3 is 0 Å². The lowest BCUT2D eigenvalue weighted by atomic mass is 10.1. The van der Waals surface area contributed by atoms with Crippen molar-refractivity contribution in [1.82, 2.24) is 4.98 Å². The number of aryl methyl sites for hydroxylation is 1. The molecule has 21 heavy (non-hydrogen) atoms. The monoisotopic (exact) mass is 329 g/mol. The highest BCUT2D eigenvalue weighted by atomic mass is 32.2. The molecule has 0 spiro atoms. The summed E-state index contributed by atoms with van der Waals surface area (Å²) >= 11 is 5.89. The van der Waals surface area contributed by atoms with Crippen molar-refractivity contribution in [1.29, 1.82) is 0 Å². The number of hydrogen-bond donors (Lipinski definition) is 0. The molecule has 3 aromatic rings.